The van der Waals surface area contributed by atoms with Crippen LogP contribution in [0.15, 0.2) is 4.99 Å². The normalized spacial score (nSPS) is 20.5. The summed E-state index contributed by atoms with van der Waals surface area (Å²) in [7, 11) is 0. The molecule has 0 unspecified atom stereocenters. The maximum atomic E-state index is 14.6. The highest BCUT2D eigenvalue weighted by molar-refractivity contribution is 5.98. The highest BCUT2D eigenvalue weighted by atomic mass is 16.2. The number of nitrogens with two attached hydrogens (primary N) is 3. The van der Waals surface area contributed by atoms with Gasteiger partial charge in [0.05, 0.1) is 12.1 Å². The fraction of sp³-hybridized carbons (Fsp3) is 0.804. The number of hydrogen-bond donors (Lipinski definition) is 8. The summed E-state index contributed by atoms with van der Waals surface area (Å²) in [5.74, 6) is -3.86. The third-order valence-electron chi connectivity index (χ3n) is 13.3. The highest BCUT2D eigenvalue weighted by Gasteiger charge is 2.45. The van der Waals surface area contributed by atoms with Gasteiger partial charge in [-0.15, -0.1) is 0 Å². The molecule has 3 rings (SSSR count). The average molecular weight is 1020 g/mol. The Hall–Kier alpha value is -5.34. The fourth-order valence-corrected chi connectivity index (χ4v) is 9.99. The largest absolute Gasteiger partial charge is 0.370 e. The molecule has 3 fully saturated rings. The molecule has 0 radical (unpaired) electrons. The first-order valence-electron chi connectivity index (χ1n) is 26.5. The van der Waals surface area contributed by atoms with Crippen molar-refractivity contribution in [2.75, 3.05) is 26.2 Å². The van der Waals surface area contributed by atoms with Crippen LogP contribution in [0.2, 0.25) is 0 Å². The van der Waals surface area contributed by atoms with Gasteiger partial charge in [0.15, 0.2) is 5.96 Å². The predicted molar refractivity (Wildman–Crippen MR) is 275 cm³/mol. The van der Waals surface area contributed by atoms with Crippen LogP contribution >= 0.6 is 0 Å². The van der Waals surface area contributed by atoms with E-state index in [9.17, 15) is 43.2 Å². The predicted octanol–water partition coefficient (Wildman–Crippen LogP) is 1.19. The summed E-state index contributed by atoms with van der Waals surface area (Å²) in [6, 6.07) is -8.39. The third-order valence-corrected chi connectivity index (χ3v) is 13.3. The number of rotatable bonds is 28. The summed E-state index contributed by atoms with van der Waals surface area (Å²) in [6.45, 7) is 20.2. The Morgan fingerprint density at radius 3 is 1.43 bits per heavy atom. The van der Waals surface area contributed by atoms with E-state index in [0.29, 0.717) is 64.2 Å². The van der Waals surface area contributed by atoms with Gasteiger partial charge in [0.1, 0.15) is 48.6 Å². The molecule has 3 aliphatic heterocycles. The van der Waals surface area contributed by atoms with E-state index >= 15 is 0 Å². The van der Waals surface area contributed by atoms with Crippen molar-refractivity contribution < 1.29 is 43.2 Å². The molecule has 0 spiro atoms. The molecule has 3 saturated heterocycles. The number of amides is 8. The lowest BCUT2D eigenvalue weighted by molar-refractivity contribution is -0.148. The van der Waals surface area contributed by atoms with Crippen LogP contribution in [-0.4, -0.2) is 155 Å². The lowest BCUT2D eigenvalue weighted by Gasteiger charge is -2.34. The number of hydrogen-bond acceptors (Lipinski definition) is 11. The van der Waals surface area contributed by atoms with E-state index in [1.807, 2.05) is 69.2 Å². The number of nitrogens with zero attached hydrogens (tertiary/aromatic N) is 4. The van der Waals surface area contributed by atoms with Crippen molar-refractivity contribution in [3.63, 3.8) is 0 Å². The quantitative estimate of drug-likeness (QED) is 0.0237. The minimum atomic E-state index is -1.19. The number of guanidine groups is 1. The molecule has 0 bridgehead atoms. The number of carbonyl (C=O) groups is 9. The molecule has 21 nitrogen and oxygen atoms in total. The van der Waals surface area contributed by atoms with Crippen molar-refractivity contribution in [1.82, 2.24) is 41.3 Å². The Balaban J connectivity index is 1.84. The summed E-state index contributed by atoms with van der Waals surface area (Å²) < 4.78 is 0. The molecule has 8 amide bonds. The van der Waals surface area contributed by atoms with Crippen molar-refractivity contribution in [3.8, 4) is 0 Å². The molecule has 408 valence electrons. The molecule has 0 aromatic carbocycles. The van der Waals surface area contributed by atoms with Gasteiger partial charge in [-0.25, -0.2) is 0 Å². The molecule has 11 N–H and O–H groups in total. The van der Waals surface area contributed by atoms with Crippen LogP contribution in [0.4, 0.5) is 0 Å². The monoisotopic (exact) mass is 1010 g/mol. The van der Waals surface area contributed by atoms with Crippen molar-refractivity contribution in [2.45, 2.75) is 207 Å². The Kier molecular flexibility index (Phi) is 24.9. The first-order chi connectivity index (χ1) is 33.8. The molecule has 21 heteroatoms. The van der Waals surface area contributed by atoms with Gasteiger partial charge in [-0.2, -0.15) is 0 Å². The Labute approximate surface area is 427 Å². The fourth-order valence-electron chi connectivity index (χ4n) is 9.99. The number of aliphatic imine (C=N–C) groups is 1. The topological polar surface area (TPSA) is 314 Å². The maximum absolute atomic E-state index is 14.6. The van der Waals surface area contributed by atoms with Gasteiger partial charge in [-0.1, -0.05) is 69.2 Å². The maximum Gasteiger partial charge on any atom is 0.246 e. The van der Waals surface area contributed by atoms with E-state index in [-0.39, 0.29) is 93.2 Å². The molecular formula is C51H90N12O9. The van der Waals surface area contributed by atoms with Gasteiger partial charge in [0, 0.05) is 26.2 Å². The van der Waals surface area contributed by atoms with Gasteiger partial charge in [0.25, 0.3) is 0 Å². The van der Waals surface area contributed by atoms with E-state index in [1.165, 1.54) is 14.7 Å². The molecule has 9 atom stereocenters. The highest BCUT2D eigenvalue weighted by Crippen LogP contribution is 2.27. The molecular weight excluding hydrogens is 925 g/mol. The van der Waals surface area contributed by atoms with Crippen molar-refractivity contribution in [3.05, 3.63) is 0 Å². The Bertz CT molecular complexity index is 1890. The molecule has 3 aliphatic rings. The van der Waals surface area contributed by atoms with Gasteiger partial charge < -0.3 is 63.3 Å². The summed E-state index contributed by atoms with van der Waals surface area (Å²) in [5, 5.41) is 14.3. The van der Waals surface area contributed by atoms with Crippen LogP contribution in [0, 0.1) is 29.6 Å². The second kappa shape index (κ2) is 29.4. The van der Waals surface area contributed by atoms with Crippen molar-refractivity contribution >= 4 is 59.5 Å². The summed E-state index contributed by atoms with van der Waals surface area (Å²) in [5.41, 5.74) is 17.3. The minimum Gasteiger partial charge on any atom is -0.370 e. The zero-order valence-electron chi connectivity index (χ0n) is 44.9. The second-order valence-corrected chi connectivity index (χ2v) is 22.3. The summed E-state index contributed by atoms with van der Waals surface area (Å²) in [6.07, 6.45) is 5.37. The van der Waals surface area contributed by atoms with E-state index in [2.05, 4.69) is 31.6 Å². The summed E-state index contributed by atoms with van der Waals surface area (Å²) in [4.78, 5) is 133. The number of nitrogens with one attached hydrogen (secondary N) is 5. The third kappa shape index (κ3) is 18.9. The summed E-state index contributed by atoms with van der Waals surface area (Å²) >= 11 is 0. The zero-order valence-corrected chi connectivity index (χ0v) is 44.9. The van der Waals surface area contributed by atoms with Crippen LogP contribution in [0.5, 0.6) is 0 Å². The molecule has 3 heterocycles. The first-order valence-corrected chi connectivity index (χ1v) is 26.5. The van der Waals surface area contributed by atoms with Crippen molar-refractivity contribution in [1.29, 1.82) is 0 Å². The Morgan fingerprint density at radius 1 is 0.528 bits per heavy atom. The zero-order chi connectivity index (χ0) is 54.0. The standard InChI is InChI=1S/C51H90N12O9/c1-29(2)23-34(28-64)56-46(68)40-16-13-21-62(40)50(72)42-18-14-22-63(42)49(71)39(27-33(9)10)59-44(66)36(15-11-19-55-51(53)54)57-47(69)41-17-12-20-61(41)48(70)38(26-32(7)8)60-45(67)37(25-31(5)6)58-43(65)35(52)24-30(3)4/h28-42H,11-27,52H2,1-10H3,(H,56,68)(H,57,69)(H,58,65)(H,59,66)(H,60,67)(H4,53,54,55)/t34-,35-,36-,37-,38-,39-,40-,41-,42-/m0/s1. The Morgan fingerprint density at radius 2 is 0.944 bits per heavy atom. The van der Waals surface area contributed by atoms with Crippen LogP contribution in [0.3, 0.4) is 0 Å². The van der Waals surface area contributed by atoms with Crippen LogP contribution in [0.1, 0.15) is 153 Å². The van der Waals surface area contributed by atoms with Gasteiger partial charge in [-0.05, 0) is 113 Å². The van der Waals surface area contributed by atoms with Crippen LogP contribution in [-0.2, 0) is 43.2 Å². The van der Waals surface area contributed by atoms with Crippen molar-refractivity contribution in [2.24, 2.45) is 51.8 Å². The van der Waals surface area contributed by atoms with Gasteiger partial charge in [0.2, 0.25) is 47.3 Å². The number of carbonyl (C=O) groups excluding carboxylic acids is 9. The minimum absolute atomic E-state index is 0.0195. The molecule has 0 aromatic rings. The number of likely N-dealkylation sites (tertiary alicyclic amines) is 3. The second-order valence-electron chi connectivity index (χ2n) is 22.3. The first kappa shape index (κ1) is 61.0. The van der Waals surface area contributed by atoms with E-state index in [0.717, 1.165) is 0 Å². The van der Waals surface area contributed by atoms with E-state index in [4.69, 9.17) is 17.2 Å². The van der Waals surface area contributed by atoms with Crippen LogP contribution < -0.4 is 43.8 Å². The molecule has 72 heavy (non-hydrogen) atoms. The average Bonchev–Trinajstić information content (AvgIpc) is 4.10. The smallest absolute Gasteiger partial charge is 0.246 e. The van der Waals surface area contributed by atoms with Gasteiger partial charge in [-0.3, -0.25) is 43.3 Å². The lowest BCUT2D eigenvalue weighted by Crippen LogP contribution is -2.60. The number of aldehydes is 1. The van der Waals surface area contributed by atoms with E-state index < -0.39 is 95.7 Å². The van der Waals surface area contributed by atoms with Crippen LogP contribution in [0.25, 0.3) is 0 Å². The SMILES string of the molecule is CC(C)C[C@@H](C=O)NC(=O)[C@@H]1CCCN1C(=O)[C@@H]1CCCN1C(=O)[C@H](CC(C)C)NC(=O)[C@H](CCCN=C(N)N)NC(=O)[C@@H]1CCCN1C(=O)[C@H](CC(C)C)NC(=O)[C@H](CC(C)C)NC(=O)[C@@H](N)CC(C)C. The van der Waals surface area contributed by atoms with Gasteiger partial charge >= 0.3 is 0 Å². The molecule has 0 saturated carbocycles. The molecule has 0 aromatic heterocycles. The molecule has 0 aliphatic carbocycles. The van der Waals surface area contributed by atoms with E-state index in [1.54, 1.807) is 0 Å². The lowest BCUT2D eigenvalue weighted by atomic mass is 9.98.